The summed E-state index contributed by atoms with van der Waals surface area (Å²) in [6.07, 6.45) is 1.19. The predicted molar refractivity (Wildman–Crippen MR) is 118 cm³/mol. The molecular formula is C25H25F3N4O. The van der Waals surface area contributed by atoms with Crippen molar-refractivity contribution in [2.24, 2.45) is 7.05 Å². The van der Waals surface area contributed by atoms with Gasteiger partial charge in [-0.15, -0.1) is 10.2 Å². The van der Waals surface area contributed by atoms with Crippen LogP contribution in [-0.4, -0.2) is 20.7 Å². The van der Waals surface area contributed by atoms with E-state index < -0.39 is 11.7 Å². The van der Waals surface area contributed by atoms with E-state index in [1.54, 1.807) is 6.33 Å². The SMILES string of the molecule is CC(Cc1nncn1C)c1cc(C2CCC2)cc(N2Cc3c(cccc3C(F)(F)F)C2=O)c1. The molecule has 1 aliphatic heterocycles. The summed E-state index contributed by atoms with van der Waals surface area (Å²) in [5.74, 6) is 1.01. The van der Waals surface area contributed by atoms with Crippen LogP contribution in [0.2, 0.25) is 0 Å². The highest BCUT2D eigenvalue weighted by atomic mass is 19.4. The molecule has 2 heterocycles. The maximum Gasteiger partial charge on any atom is 0.416 e. The first-order valence-corrected chi connectivity index (χ1v) is 11.2. The molecule has 1 aliphatic carbocycles. The number of rotatable bonds is 5. The fraction of sp³-hybridized carbons (Fsp3) is 0.400. The quantitative estimate of drug-likeness (QED) is 0.504. The summed E-state index contributed by atoms with van der Waals surface area (Å²) in [6.45, 7) is 2.02. The topological polar surface area (TPSA) is 51.0 Å². The molecule has 33 heavy (non-hydrogen) atoms. The van der Waals surface area contributed by atoms with Crippen molar-refractivity contribution in [3.8, 4) is 0 Å². The number of aryl methyl sites for hydroxylation is 1. The number of anilines is 1. The summed E-state index contributed by atoms with van der Waals surface area (Å²) < 4.78 is 42.6. The van der Waals surface area contributed by atoms with Gasteiger partial charge in [-0.1, -0.05) is 25.5 Å². The van der Waals surface area contributed by atoms with E-state index in [9.17, 15) is 18.0 Å². The average Bonchev–Trinajstić information content (AvgIpc) is 3.28. The minimum atomic E-state index is -4.49. The molecule has 2 aromatic carbocycles. The lowest BCUT2D eigenvalue weighted by Crippen LogP contribution is -2.24. The number of carbonyl (C=O) groups excluding carboxylic acids is 1. The summed E-state index contributed by atoms with van der Waals surface area (Å²) in [5.41, 5.74) is 2.32. The number of halogens is 3. The lowest BCUT2D eigenvalue weighted by atomic mass is 9.78. The molecule has 0 N–H and O–H groups in total. The van der Waals surface area contributed by atoms with Crippen LogP contribution in [0.25, 0.3) is 0 Å². The average molecular weight is 454 g/mol. The minimum Gasteiger partial charge on any atom is -0.321 e. The Bertz CT molecular complexity index is 1210. The maximum absolute atomic E-state index is 13.6. The largest absolute Gasteiger partial charge is 0.416 e. The van der Waals surface area contributed by atoms with Crippen LogP contribution in [0.15, 0.2) is 42.7 Å². The maximum atomic E-state index is 13.6. The van der Waals surface area contributed by atoms with E-state index in [1.165, 1.54) is 23.5 Å². The number of nitrogens with zero attached hydrogens (tertiary/aromatic N) is 4. The van der Waals surface area contributed by atoms with Crippen LogP contribution < -0.4 is 4.90 Å². The zero-order valence-corrected chi connectivity index (χ0v) is 18.6. The van der Waals surface area contributed by atoms with Crippen LogP contribution in [0, 0.1) is 0 Å². The van der Waals surface area contributed by atoms with Crippen LogP contribution in [-0.2, 0) is 26.2 Å². The third-order valence-corrected chi connectivity index (χ3v) is 6.99. The van der Waals surface area contributed by atoms with Crippen LogP contribution >= 0.6 is 0 Å². The van der Waals surface area contributed by atoms with Gasteiger partial charge in [0.25, 0.3) is 5.91 Å². The first-order chi connectivity index (χ1) is 15.7. The number of amides is 1. The monoisotopic (exact) mass is 454 g/mol. The Hall–Kier alpha value is -3.16. The summed E-state index contributed by atoms with van der Waals surface area (Å²) in [5, 5.41) is 8.13. The van der Waals surface area contributed by atoms with Gasteiger partial charge in [-0.05, 0) is 65.6 Å². The number of hydrogen-bond donors (Lipinski definition) is 0. The van der Waals surface area contributed by atoms with Gasteiger partial charge < -0.3 is 9.47 Å². The van der Waals surface area contributed by atoms with E-state index in [-0.39, 0.29) is 29.5 Å². The van der Waals surface area contributed by atoms with Crippen molar-refractivity contribution in [3.63, 3.8) is 0 Å². The van der Waals surface area contributed by atoms with Gasteiger partial charge in [-0.25, -0.2) is 0 Å². The first kappa shape index (κ1) is 21.7. The Balaban J connectivity index is 1.52. The molecule has 1 aromatic heterocycles. The zero-order valence-electron chi connectivity index (χ0n) is 18.6. The molecule has 0 radical (unpaired) electrons. The van der Waals surface area contributed by atoms with Gasteiger partial charge in [0.15, 0.2) is 0 Å². The van der Waals surface area contributed by atoms with Crippen molar-refractivity contribution in [2.75, 3.05) is 4.90 Å². The molecular weight excluding hydrogens is 429 g/mol. The molecule has 0 bridgehead atoms. The Kier molecular flexibility index (Phi) is 5.26. The number of fused-ring (bicyclic) bond motifs is 1. The molecule has 5 nitrogen and oxygen atoms in total. The van der Waals surface area contributed by atoms with Crippen LogP contribution in [0.5, 0.6) is 0 Å². The second-order valence-corrected chi connectivity index (χ2v) is 9.17. The molecule has 5 rings (SSSR count). The molecule has 172 valence electrons. The highest BCUT2D eigenvalue weighted by Gasteiger charge is 2.40. The number of alkyl halides is 3. The molecule has 1 unspecified atom stereocenters. The van der Waals surface area contributed by atoms with Crippen molar-refractivity contribution < 1.29 is 18.0 Å². The van der Waals surface area contributed by atoms with Gasteiger partial charge in [-0.3, -0.25) is 4.79 Å². The predicted octanol–water partition coefficient (Wildman–Crippen LogP) is 5.61. The lowest BCUT2D eigenvalue weighted by Gasteiger charge is -2.29. The van der Waals surface area contributed by atoms with Gasteiger partial charge in [-0.2, -0.15) is 13.2 Å². The van der Waals surface area contributed by atoms with Gasteiger partial charge >= 0.3 is 6.18 Å². The summed E-state index contributed by atoms with van der Waals surface area (Å²) in [4.78, 5) is 14.6. The van der Waals surface area contributed by atoms with Gasteiger partial charge in [0.2, 0.25) is 0 Å². The van der Waals surface area contributed by atoms with E-state index in [4.69, 9.17) is 0 Å². The van der Waals surface area contributed by atoms with Gasteiger partial charge in [0.1, 0.15) is 12.2 Å². The molecule has 0 saturated heterocycles. The lowest BCUT2D eigenvalue weighted by molar-refractivity contribution is -0.138. The van der Waals surface area contributed by atoms with Crippen LogP contribution in [0.4, 0.5) is 18.9 Å². The normalized spacial score (nSPS) is 17.2. The second kappa shape index (κ2) is 8.01. The van der Waals surface area contributed by atoms with Crippen LogP contribution in [0.3, 0.4) is 0 Å². The smallest absolute Gasteiger partial charge is 0.321 e. The molecule has 2 aliphatic rings. The fourth-order valence-corrected chi connectivity index (χ4v) is 4.77. The van der Waals surface area contributed by atoms with E-state index in [2.05, 4.69) is 23.2 Å². The number of benzene rings is 2. The molecule has 1 fully saturated rings. The van der Waals surface area contributed by atoms with Crippen molar-refractivity contribution in [1.82, 2.24) is 14.8 Å². The zero-order chi connectivity index (χ0) is 23.3. The number of carbonyl (C=O) groups is 1. The summed E-state index contributed by atoms with van der Waals surface area (Å²) in [6, 6.07) is 9.96. The third-order valence-electron chi connectivity index (χ3n) is 6.99. The first-order valence-electron chi connectivity index (χ1n) is 11.2. The van der Waals surface area contributed by atoms with E-state index in [0.717, 1.165) is 35.9 Å². The number of hydrogen-bond acceptors (Lipinski definition) is 3. The van der Waals surface area contributed by atoms with E-state index in [1.807, 2.05) is 23.7 Å². The van der Waals surface area contributed by atoms with Gasteiger partial charge in [0, 0.05) is 24.7 Å². The Morgan fingerprint density at radius 1 is 1.18 bits per heavy atom. The van der Waals surface area contributed by atoms with Crippen molar-refractivity contribution >= 4 is 11.6 Å². The molecule has 1 amide bonds. The summed E-state index contributed by atoms with van der Waals surface area (Å²) >= 11 is 0. The van der Waals surface area contributed by atoms with Crippen molar-refractivity contribution in [2.45, 2.75) is 57.2 Å². The van der Waals surface area contributed by atoms with Crippen molar-refractivity contribution in [3.05, 3.63) is 76.4 Å². The van der Waals surface area contributed by atoms with Crippen LogP contribution in [0.1, 0.15) is 76.5 Å². The van der Waals surface area contributed by atoms with Gasteiger partial charge in [0.05, 0.1) is 12.1 Å². The fourth-order valence-electron chi connectivity index (χ4n) is 4.77. The Morgan fingerprint density at radius 2 is 1.97 bits per heavy atom. The molecule has 1 saturated carbocycles. The van der Waals surface area contributed by atoms with Crippen molar-refractivity contribution in [1.29, 1.82) is 0 Å². The molecule has 0 spiro atoms. The van der Waals surface area contributed by atoms with E-state index in [0.29, 0.717) is 18.0 Å². The highest BCUT2D eigenvalue weighted by Crippen LogP contribution is 2.42. The number of aromatic nitrogens is 3. The molecule has 1 atom stereocenters. The third kappa shape index (κ3) is 3.92. The second-order valence-electron chi connectivity index (χ2n) is 9.17. The standard InChI is InChI=1S/C25H25F3N4O/c1-15(9-23-30-29-14-31(23)2)17-10-18(16-5-3-6-16)12-19(11-17)32-13-21-20(24(32)33)7-4-8-22(21)25(26,27)28/h4,7-8,10-12,14-16H,3,5-6,9,13H2,1-2H3. The summed E-state index contributed by atoms with van der Waals surface area (Å²) in [7, 11) is 1.90. The molecule has 8 heteroatoms. The minimum absolute atomic E-state index is 0.0535. The Morgan fingerprint density at radius 3 is 2.61 bits per heavy atom. The highest BCUT2D eigenvalue weighted by molar-refractivity contribution is 6.10. The van der Waals surface area contributed by atoms with E-state index >= 15 is 0 Å². The molecule has 3 aromatic rings. The Labute approximate surface area is 190 Å².